The standard InChI is InChI=1S/C15H18BrNO3/c1-15(14(19)20,9-11-7-5-4-6-8-11)13(18)12(16)10-17(2)3/h4-8,10H,9H2,1-3H3,(H,19,20). The molecule has 1 aromatic rings. The Kier molecular flexibility index (Phi) is 5.51. The van der Waals surface area contributed by atoms with E-state index in [1.165, 1.54) is 6.92 Å². The van der Waals surface area contributed by atoms with Gasteiger partial charge in [-0.2, -0.15) is 0 Å². The van der Waals surface area contributed by atoms with E-state index < -0.39 is 17.2 Å². The van der Waals surface area contributed by atoms with Gasteiger partial charge in [0, 0.05) is 20.3 Å². The van der Waals surface area contributed by atoms with Crippen LogP contribution in [-0.4, -0.2) is 35.9 Å². The molecule has 0 bridgehead atoms. The summed E-state index contributed by atoms with van der Waals surface area (Å²) in [4.78, 5) is 25.7. The van der Waals surface area contributed by atoms with Crippen molar-refractivity contribution in [1.29, 1.82) is 0 Å². The number of hydrogen-bond acceptors (Lipinski definition) is 3. The second-order valence-corrected chi connectivity index (χ2v) is 5.92. The predicted octanol–water partition coefficient (Wildman–Crippen LogP) is 2.69. The highest BCUT2D eigenvalue weighted by molar-refractivity contribution is 9.12. The molecular formula is C15H18BrNO3. The van der Waals surface area contributed by atoms with Crippen LogP contribution >= 0.6 is 15.9 Å². The highest BCUT2D eigenvalue weighted by Crippen LogP contribution is 2.29. The van der Waals surface area contributed by atoms with Gasteiger partial charge in [-0.3, -0.25) is 9.59 Å². The molecule has 0 aliphatic rings. The van der Waals surface area contributed by atoms with Crippen molar-refractivity contribution in [2.45, 2.75) is 13.3 Å². The average molecular weight is 340 g/mol. The molecular weight excluding hydrogens is 322 g/mol. The number of rotatable bonds is 6. The fourth-order valence-electron chi connectivity index (χ4n) is 1.81. The molecule has 4 nitrogen and oxygen atoms in total. The second kappa shape index (κ2) is 6.70. The van der Waals surface area contributed by atoms with Crippen molar-refractivity contribution in [3.8, 4) is 0 Å². The quantitative estimate of drug-likeness (QED) is 0.639. The first-order valence-electron chi connectivity index (χ1n) is 6.13. The molecule has 1 aromatic carbocycles. The highest BCUT2D eigenvalue weighted by atomic mass is 79.9. The first-order chi connectivity index (χ1) is 9.27. The van der Waals surface area contributed by atoms with Crippen LogP contribution < -0.4 is 0 Å². The number of allylic oxidation sites excluding steroid dienone is 1. The molecule has 20 heavy (non-hydrogen) atoms. The SMILES string of the molecule is CN(C)C=C(Br)C(=O)C(C)(Cc1ccccc1)C(=O)O. The largest absolute Gasteiger partial charge is 0.480 e. The topological polar surface area (TPSA) is 57.6 Å². The maximum Gasteiger partial charge on any atom is 0.317 e. The summed E-state index contributed by atoms with van der Waals surface area (Å²) in [6, 6.07) is 9.14. The molecule has 5 heteroatoms. The Bertz CT molecular complexity index is 525. The van der Waals surface area contributed by atoms with Gasteiger partial charge < -0.3 is 10.0 Å². The van der Waals surface area contributed by atoms with Gasteiger partial charge in [-0.1, -0.05) is 30.3 Å². The van der Waals surface area contributed by atoms with Gasteiger partial charge in [0.2, 0.25) is 0 Å². The van der Waals surface area contributed by atoms with Crippen molar-refractivity contribution >= 4 is 27.7 Å². The highest BCUT2D eigenvalue weighted by Gasteiger charge is 2.42. The van der Waals surface area contributed by atoms with Crippen LogP contribution in [-0.2, 0) is 16.0 Å². The third-order valence-electron chi connectivity index (χ3n) is 2.96. The number of nitrogens with zero attached hydrogens (tertiary/aromatic N) is 1. The molecule has 108 valence electrons. The van der Waals surface area contributed by atoms with Crippen LogP contribution in [0, 0.1) is 5.41 Å². The summed E-state index contributed by atoms with van der Waals surface area (Å²) in [6.45, 7) is 1.45. The second-order valence-electron chi connectivity index (χ2n) is 5.07. The first-order valence-corrected chi connectivity index (χ1v) is 6.92. The van der Waals surface area contributed by atoms with E-state index in [0.29, 0.717) is 0 Å². The maximum absolute atomic E-state index is 12.4. The van der Waals surface area contributed by atoms with E-state index in [9.17, 15) is 14.7 Å². The molecule has 1 rings (SSSR count). The molecule has 0 aliphatic carbocycles. The van der Waals surface area contributed by atoms with Crippen LogP contribution in [0.5, 0.6) is 0 Å². The summed E-state index contributed by atoms with van der Waals surface area (Å²) in [6.07, 6.45) is 1.72. The van der Waals surface area contributed by atoms with Gasteiger partial charge in [-0.15, -0.1) is 0 Å². The molecule has 0 aliphatic heterocycles. The molecule has 0 aromatic heterocycles. The lowest BCUT2D eigenvalue weighted by Gasteiger charge is -2.23. The molecule has 0 saturated carbocycles. The number of carbonyl (C=O) groups is 2. The fourth-order valence-corrected chi connectivity index (χ4v) is 2.65. The molecule has 1 atom stereocenters. The molecule has 1 N–H and O–H groups in total. The number of benzene rings is 1. The van der Waals surface area contributed by atoms with E-state index in [-0.39, 0.29) is 10.9 Å². The number of carboxylic acids is 1. The van der Waals surface area contributed by atoms with Crippen molar-refractivity contribution in [3.63, 3.8) is 0 Å². The van der Waals surface area contributed by atoms with Crippen molar-refractivity contribution in [1.82, 2.24) is 4.90 Å². The van der Waals surface area contributed by atoms with Crippen molar-refractivity contribution in [2.24, 2.45) is 5.41 Å². The monoisotopic (exact) mass is 339 g/mol. The lowest BCUT2D eigenvalue weighted by atomic mass is 9.79. The number of ketones is 1. The smallest absolute Gasteiger partial charge is 0.317 e. The van der Waals surface area contributed by atoms with Gasteiger partial charge >= 0.3 is 5.97 Å². The van der Waals surface area contributed by atoms with Crippen LogP contribution in [0.25, 0.3) is 0 Å². The lowest BCUT2D eigenvalue weighted by Crippen LogP contribution is -2.39. The zero-order valence-electron chi connectivity index (χ0n) is 11.8. The first kappa shape index (κ1) is 16.4. The van der Waals surface area contributed by atoms with Crippen LogP contribution in [0.1, 0.15) is 12.5 Å². The average Bonchev–Trinajstić information content (AvgIpc) is 2.37. The lowest BCUT2D eigenvalue weighted by molar-refractivity contribution is -0.152. The van der Waals surface area contributed by atoms with Crippen LogP contribution in [0.2, 0.25) is 0 Å². The van der Waals surface area contributed by atoms with Gasteiger partial charge in [0.25, 0.3) is 0 Å². The molecule has 1 unspecified atom stereocenters. The van der Waals surface area contributed by atoms with E-state index in [0.717, 1.165) is 5.56 Å². The maximum atomic E-state index is 12.4. The summed E-state index contributed by atoms with van der Waals surface area (Å²) in [5.74, 6) is -1.57. The van der Waals surface area contributed by atoms with Crippen LogP contribution in [0.3, 0.4) is 0 Å². The predicted molar refractivity (Wildman–Crippen MR) is 81.6 cm³/mol. The van der Waals surface area contributed by atoms with Gasteiger partial charge in [0.15, 0.2) is 5.78 Å². The Balaban J connectivity index is 3.10. The summed E-state index contributed by atoms with van der Waals surface area (Å²) in [5, 5.41) is 9.46. The fraction of sp³-hybridized carbons (Fsp3) is 0.333. The van der Waals surface area contributed by atoms with Gasteiger partial charge in [0.05, 0.1) is 4.48 Å². The zero-order chi connectivity index (χ0) is 15.3. The minimum atomic E-state index is -1.49. The van der Waals surface area contributed by atoms with Gasteiger partial charge in [-0.25, -0.2) is 0 Å². The summed E-state index contributed by atoms with van der Waals surface area (Å²) in [5.41, 5.74) is -0.678. The Hall–Kier alpha value is -1.62. The third kappa shape index (κ3) is 3.93. The Labute approximate surface area is 127 Å². The van der Waals surface area contributed by atoms with E-state index in [4.69, 9.17) is 0 Å². The number of carbonyl (C=O) groups excluding carboxylic acids is 1. The number of halogens is 1. The number of hydrogen-bond donors (Lipinski definition) is 1. The van der Waals surface area contributed by atoms with E-state index >= 15 is 0 Å². The Morgan fingerprint density at radius 2 is 1.85 bits per heavy atom. The molecule has 0 heterocycles. The minimum Gasteiger partial charge on any atom is -0.480 e. The van der Waals surface area contributed by atoms with Gasteiger partial charge in [0.1, 0.15) is 5.41 Å². The van der Waals surface area contributed by atoms with E-state index in [1.54, 1.807) is 25.2 Å². The Morgan fingerprint density at radius 1 is 1.30 bits per heavy atom. The summed E-state index contributed by atoms with van der Waals surface area (Å²) >= 11 is 3.17. The summed E-state index contributed by atoms with van der Waals surface area (Å²) in [7, 11) is 3.54. The van der Waals surface area contributed by atoms with Crippen molar-refractivity contribution < 1.29 is 14.7 Å². The van der Waals surface area contributed by atoms with Crippen LogP contribution in [0.15, 0.2) is 41.0 Å². The normalized spacial score (nSPS) is 14.5. The van der Waals surface area contributed by atoms with E-state index in [2.05, 4.69) is 15.9 Å². The molecule has 0 radical (unpaired) electrons. The molecule has 0 spiro atoms. The zero-order valence-corrected chi connectivity index (χ0v) is 13.3. The number of aliphatic carboxylic acids is 1. The number of carboxylic acid groups (broad SMARTS) is 1. The minimum absolute atomic E-state index is 0.151. The van der Waals surface area contributed by atoms with E-state index in [1.807, 2.05) is 30.3 Å². The molecule has 0 saturated heterocycles. The summed E-state index contributed by atoms with van der Waals surface area (Å²) < 4.78 is 0.253. The van der Waals surface area contributed by atoms with Crippen molar-refractivity contribution in [3.05, 3.63) is 46.6 Å². The Morgan fingerprint density at radius 3 is 2.30 bits per heavy atom. The van der Waals surface area contributed by atoms with Crippen LogP contribution in [0.4, 0.5) is 0 Å². The third-order valence-corrected chi connectivity index (χ3v) is 3.53. The van der Waals surface area contributed by atoms with Gasteiger partial charge in [-0.05, 0) is 34.8 Å². The molecule has 0 fully saturated rings. The van der Waals surface area contributed by atoms with Crippen molar-refractivity contribution in [2.75, 3.05) is 14.1 Å². The molecule has 0 amide bonds. The number of Topliss-reactive ketones (excluding diaryl/α,β-unsaturated/α-hetero) is 1.